The lowest BCUT2D eigenvalue weighted by molar-refractivity contribution is -0.108. The van der Waals surface area contributed by atoms with Crippen LogP contribution in [0.1, 0.15) is 16.2 Å². The molecule has 1 heterocycles. The predicted octanol–water partition coefficient (Wildman–Crippen LogP) is 3.03. The van der Waals surface area contributed by atoms with Gasteiger partial charge in [0.2, 0.25) is 0 Å². The molecule has 0 bridgehead atoms. The summed E-state index contributed by atoms with van der Waals surface area (Å²) in [5, 5.41) is -1.02. The van der Waals surface area contributed by atoms with E-state index < -0.39 is 11.0 Å². The fourth-order valence-electron chi connectivity index (χ4n) is 2.32. The molecule has 1 aromatic carbocycles. The maximum Gasteiger partial charge on any atom is 0.294 e. The number of ketones is 1. The zero-order valence-corrected chi connectivity index (χ0v) is 13.8. The van der Waals surface area contributed by atoms with Gasteiger partial charge in [0.25, 0.3) is 11.0 Å². The van der Waals surface area contributed by atoms with E-state index in [-0.39, 0.29) is 12.4 Å². The van der Waals surface area contributed by atoms with Gasteiger partial charge in [-0.2, -0.15) is 0 Å². The van der Waals surface area contributed by atoms with Crippen molar-refractivity contribution in [3.63, 3.8) is 0 Å². The third-order valence-electron chi connectivity index (χ3n) is 3.43. The molecule has 1 aromatic heterocycles. The van der Waals surface area contributed by atoms with Gasteiger partial charge >= 0.3 is 0 Å². The summed E-state index contributed by atoms with van der Waals surface area (Å²) in [6.45, 7) is 2.83. The molecule has 23 heavy (non-hydrogen) atoms. The van der Waals surface area contributed by atoms with E-state index >= 15 is 0 Å². The summed E-state index contributed by atoms with van der Waals surface area (Å²) in [6.07, 6.45) is 0. The molecule has 0 amide bonds. The van der Waals surface area contributed by atoms with E-state index in [2.05, 4.69) is 0 Å². The van der Waals surface area contributed by atoms with Crippen LogP contribution in [0.5, 0.6) is 0 Å². The van der Waals surface area contributed by atoms with Crippen LogP contribution in [0.4, 0.5) is 0 Å². The zero-order valence-electron chi connectivity index (χ0n) is 13.0. The lowest BCUT2D eigenvalue weighted by atomic mass is 10.0. The number of aryl methyl sites for hydroxylation is 1. The molecule has 0 radical (unpaired) electrons. The first kappa shape index (κ1) is 17.4. The monoisotopic (exact) mass is 335 g/mol. The summed E-state index contributed by atoms with van der Waals surface area (Å²) in [6, 6.07) is 11.2. The Hall–Kier alpha value is -1.95. The van der Waals surface area contributed by atoms with Gasteiger partial charge in [-0.1, -0.05) is 30.3 Å². The van der Waals surface area contributed by atoms with Crippen molar-refractivity contribution in [1.82, 2.24) is 4.57 Å². The number of methoxy groups -OCH3 is 1. The van der Waals surface area contributed by atoms with Crippen LogP contribution in [-0.4, -0.2) is 35.9 Å². The highest BCUT2D eigenvalue weighted by molar-refractivity contribution is 6.83. The molecule has 0 atom stereocenters. The second-order valence-corrected chi connectivity index (χ2v) is 5.32. The molecule has 6 heteroatoms. The van der Waals surface area contributed by atoms with Gasteiger partial charge in [0, 0.05) is 18.4 Å². The van der Waals surface area contributed by atoms with Crippen molar-refractivity contribution in [3.05, 3.63) is 47.8 Å². The van der Waals surface area contributed by atoms with Crippen molar-refractivity contribution in [3.8, 4) is 11.1 Å². The molecular weight excluding hydrogens is 318 g/mol. The molecule has 122 valence electrons. The van der Waals surface area contributed by atoms with Gasteiger partial charge in [-0.05, 0) is 30.2 Å². The fourth-order valence-corrected chi connectivity index (χ4v) is 2.41. The molecule has 0 fully saturated rings. The number of aromatic nitrogens is 1. The third-order valence-corrected chi connectivity index (χ3v) is 3.61. The van der Waals surface area contributed by atoms with E-state index in [1.165, 1.54) is 0 Å². The van der Waals surface area contributed by atoms with E-state index in [1.807, 2.05) is 43.3 Å². The zero-order chi connectivity index (χ0) is 16.8. The molecule has 0 saturated carbocycles. The van der Waals surface area contributed by atoms with Gasteiger partial charge in [0.05, 0.1) is 13.2 Å². The minimum absolute atomic E-state index is 0.146. The third kappa shape index (κ3) is 4.07. The van der Waals surface area contributed by atoms with E-state index in [0.717, 1.165) is 11.3 Å². The van der Waals surface area contributed by atoms with Gasteiger partial charge in [-0.15, -0.1) is 0 Å². The first-order chi connectivity index (χ1) is 11.1. The van der Waals surface area contributed by atoms with Crippen LogP contribution < -0.4 is 0 Å². The van der Waals surface area contributed by atoms with Gasteiger partial charge in [-0.25, -0.2) is 0 Å². The standard InChI is InChI=1S/C17H18ClNO4/c1-12-10-14(13-6-4-3-5-7-13)15(16(20)17(18)21)19(12)11-23-9-8-22-2/h3-7,10H,8-9,11H2,1-2H3. The van der Waals surface area contributed by atoms with Gasteiger partial charge in [0.15, 0.2) is 0 Å². The Kier molecular flexibility index (Phi) is 6.10. The quantitative estimate of drug-likeness (QED) is 0.322. The molecule has 0 N–H and O–H groups in total. The Balaban J connectivity index is 2.43. The smallest absolute Gasteiger partial charge is 0.294 e. The highest BCUT2D eigenvalue weighted by Gasteiger charge is 2.24. The normalized spacial score (nSPS) is 10.7. The van der Waals surface area contributed by atoms with Crippen molar-refractivity contribution < 1.29 is 19.1 Å². The molecule has 2 rings (SSSR count). The first-order valence-electron chi connectivity index (χ1n) is 7.12. The van der Waals surface area contributed by atoms with E-state index in [1.54, 1.807) is 11.7 Å². The molecule has 5 nitrogen and oxygen atoms in total. The highest BCUT2D eigenvalue weighted by Crippen LogP contribution is 2.28. The number of nitrogens with zero attached hydrogens (tertiary/aromatic N) is 1. The van der Waals surface area contributed by atoms with E-state index in [0.29, 0.717) is 18.8 Å². The molecular formula is C17H18ClNO4. The lowest BCUT2D eigenvalue weighted by Crippen LogP contribution is -2.18. The average molecular weight is 336 g/mol. The van der Waals surface area contributed by atoms with E-state index in [9.17, 15) is 9.59 Å². The molecule has 0 unspecified atom stereocenters. The maximum absolute atomic E-state index is 12.3. The molecule has 0 aliphatic heterocycles. The van der Waals surface area contributed by atoms with E-state index in [4.69, 9.17) is 21.1 Å². The first-order valence-corrected chi connectivity index (χ1v) is 7.50. The summed E-state index contributed by atoms with van der Waals surface area (Å²) < 4.78 is 12.1. The van der Waals surface area contributed by atoms with Crippen LogP contribution in [0.25, 0.3) is 11.1 Å². The van der Waals surface area contributed by atoms with Crippen molar-refractivity contribution in [1.29, 1.82) is 0 Å². The number of hydrogen-bond acceptors (Lipinski definition) is 4. The Morgan fingerprint density at radius 3 is 2.48 bits per heavy atom. The number of rotatable bonds is 8. The lowest BCUT2D eigenvalue weighted by Gasteiger charge is -2.11. The maximum atomic E-state index is 12.3. The molecule has 0 aliphatic carbocycles. The Morgan fingerprint density at radius 1 is 1.17 bits per heavy atom. The van der Waals surface area contributed by atoms with Crippen molar-refractivity contribution in [2.75, 3.05) is 20.3 Å². The van der Waals surface area contributed by atoms with Gasteiger partial charge in [-0.3, -0.25) is 9.59 Å². The van der Waals surface area contributed by atoms with Crippen LogP contribution in [0.3, 0.4) is 0 Å². The summed E-state index contributed by atoms with van der Waals surface area (Å²) >= 11 is 5.42. The number of carbonyl (C=O) groups excluding carboxylic acids is 2. The second-order valence-electron chi connectivity index (χ2n) is 4.98. The minimum atomic E-state index is -1.02. The van der Waals surface area contributed by atoms with Gasteiger partial charge < -0.3 is 14.0 Å². The second kappa shape index (κ2) is 8.06. The number of halogens is 1. The number of hydrogen-bond donors (Lipinski definition) is 0. The number of carbonyl (C=O) groups is 2. The van der Waals surface area contributed by atoms with Crippen LogP contribution in [-0.2, 0) is 21.0 Å². The highest BCUT2D eigenvalue weighted by atomic mass is 35.5. The summed E-state index contributed by atoms with van der Waals surface area (Å²) in [5.41, 5.74) is 2.55. The topological polar surface area (TPSA) is 57.5 Å². The Morgan fingerprint density at radius 2 is 1.87 bits per heavy atom. The largest absolute Gasteiger partial charge is 0.382 e. The summed E-state index contributed by atoms with van der Waals surface area (Å²) in [7, 11) is 1.58. The summed E-state index contributed by atoms with van der Waals surface area (Å²) in [4.78, 5) is 23.7. The molecule has 0 saturated heterocycles. The van der Waals surface area contributed by atoms with Crippen LogP contribution >= 0.6 is 11.6 Å². The SMILES string of the molecule is COCCOCn1c(C)cc(-c2ccccc2)c1C(=O)C(=O)Cl. The molecule has 0 aliphatic rings. The number of Topliss-reactive ketones (excluding diaryl/α,β-unsaturated/α-hetero) is 1. The van der Waals surface area contributed by atoms with Crippen molar-refractivity contribution in [2.45, 2.75) is 13.7 Å². The molecule has 0 spiro atoms. The van der Waals surface area contributed by atoms with Crippen molar-refractivity contribution >= 4 is 22.6 Å². The number of ether oxygens (including phenoxy) is 2. The predicted molar refractivity (Wildman–Crippen MR) is 87.6 cm³/mol. The van der Waals surface area contributed by atoms with Crippen LogP contribution in [0.2, 0.25) is 0 Å². The minimum Gasteiger partial charge on any atom is -0.382 e. The van der Waals surface area contributed by atoms with Crippen molar-refractivity contribution in [2.24, 2.45) is 0 Å². The fraction of sp³-hybridized carbons (Fsp3) is 0.294. The van der Waals surface area contributed by atoms with Crippen LogP contribution in [0, 0.1) is 6.92 Å². The van der Waals surface area contributed by atoms with Gasteiger partial charge in [0.1, 0.15) is 12.4 Å². The Labute approximate surface area is 139 Å². The number of benzene rings is 1. The summed E-state index contributed by atoms with van der Waals surface area (Å²) in [5.74, 6) is -0.742. The average Bonchev–Trinajstić information content (AvgIpc) is 2.88. The molecule has 2 aromatic rings. The van der Waals surface area contributed by atoms with Crippen LogP contribution in [0.15, 0.2) is 36.4 Å². The Bertz CT molecular complexity index is 694.